The highest BCUT2D eigenvalue weighted by Gasteiger charge is 2.02. The summed E-state index contributed by atoms with van der Waals surface area (Å²) >= 11 is 0. The fraction of sp³-hybridized carbons (Fsp3) is 0.462. The molecule has 94 valence electrons. The lowest BCUT2D eigenvalue weighted by Gasteiger charge is -2.10. The highest BCUT2D eigenvalue weighted by molar-refractivity contribution is 5.75. The van der Waals surface area contributed by atoms with E-state index in [-0.39, 0.29) is 12.0 Å². The van der Waals surface area contributed by atoms with Crippen LogP contribution >= 0.6 is 0 Å². The Labute approximate surface area is 102 Å². The van der Waals surface area contributed by atoms with Crippen molar-refractivity contribution in [2.45, 2.75) is 32.8 Å². The van der Waals surface area contributed by atoms with Crippen LogP contribution in [0.2, 0.25) is 0 Å². The summed E-state index contributed by atoms with van der Waals surface area (Å²) in [6, 6.07) is 7.85. The molecule has 0 bridgehead atoms. The third-order valence-corrected chi connectivity index (χ3v) is 2.20. The Morgan fingerprint density at radius 1 is 1.29 bits per heavy atom. The van der Waals surface area contributed by atoms with Crippen molar-refractivity contribution in [3.05, 3.63) is 29.8 Å². The second-order valence-corrected chi connectivity index (χ2v) is 4.11. The molecule has 1 aromatic carbocycles. The minimum Gasteiger partial charge on any atom is -0.491 e. The van der Waals surface area contributed by atoms with Gasteiger partial charge in [0.1, 0.15) is 5.75 Å². The van der Waals surface area contributed by atoms with Gasteiger partial charge < -0.3 is 4.74 Å². The lowest BCUT2D eigenvalue weighted by atomic mass is 10.1. The van der Waals surface area contributed by atoms with Crippen molar-refractivity contribution in [1.29, 1.82) is 0 Å². The van der Waals surface area contributed by atoms with Crippen molar-refractivity contribution in [2.75, 3.05) is 7.05 Å². The number of carbonyl (C=O) groups is 1. The molecule has 1 rings (SSSR count). The molecule has 0 fully saturated rings. The first-order chi connectivity index (χ1) is 8.11. The van der Waals surface area contributed by atoms with Crippen molar-refractivity contribution < 1.29 is 9.53 Å². The number of aryl methyl sites for hydroxylation is 1. The van der Waals surface area contributed by atoms with E-state index in [0.29, 0.717) is 6.42 Å². The largest absolute Gasteiger partial charge is 0.491 e. The molecule has 1 amide bonds. The van der Waals surface area contributed by atoms with Gasteiger partial charge in [-0.1, -0.05) is 12.1 Å². The summed E-state index contributed by atoms with van der Waals surface area (Å²) in [6.07, 6.45) is 1.39. The summed E-state index contributed by atoms with van der Waals surface area (Å²) < 4.78 is 5.54. The second-order valence-electron chi connectivity index (χ2n) is 4.11. The van der Waals surface area contributed by atoms with E-state index in [4.69, 9.17) is 4.74 Å². The van der Waals surface area contributed by atoms with E-state index in [2.05, 4.69) is 10.9 Å². The maximum atomic E-state index is 11.2. The first-order valence-electron chi connectivity index (χ1n) is 5.83. The number of carbonyl (C=O) groups excluding carboxylic acids is 1. The summed E-state index contributed by atoms with van der Waals surface area (Å²) in [5.41, 5.74) is 6.29. The van der Waals surface area contributed by atoms with Gasteiger partial charge in [-0.25, -0.2) is 5.43 Å². The van der Waals surface area contributed by atoms with Crippen molar-refractivity contribution >= 4 is 5.91 Å². The molecular weight excluding hydrogens is 216 g/mol. The van der Waals surface area contributed by atoms with Gasteiger partial charge in [-0.05, 0) is 38.0 Å². The maximum Gasteiger partial charge on any atom is 0.234 e. The van der Waals surface area contributed by atoms with Crippen LogP contribution in [0.15, 0.2) is 24.3 Å². The molecule has 0 atom stereocenters. The minimum atomic E-state index is -0.00462. The summed E-state index contributed by atoms with van der Waals surface area (Å²) in [6.45, 7) is 3.99. The van der Waals surface area contributed by atoms with Crippen molar-refractivity contribution in [3.63, 3.8) is 0 Å². The van der Waals surface area contributed by atoms with E-state index in [1.807, 2.05) is 38.1 Å². The number of hydrogen-bond acceptors (Lipinski definition) is 3. The van der Waals surface area contributed by atoms with Gasteiger partial charge in [-0.2, -0.15) is 0 Å². The first kappa shape index (κ1) is 13.5. The summed E-state index contributed by atoms with van der Waals surface area (Å²) in [7, 11) is 1.68. The average Bonchev–Trinajstić information content (AvgIpc) is 2.28. The molecule has 0 saturated heterocycles. The van der Waals surface area contributed by atoms with Gasteiger partial charge in [0.2, 0.25) is 5.91 Å². The Balaban J connectivity index is 2.42. The minimum absolute atomic E-state index is 0.00462. The lowest BCUT2D eigenvalue weighted by molar-refractivity contribution is -0.121. The molecule has 0 heterocycles. The highest BCUT2D eigenvalue weighted by Crippen LogP contribution is 2.14. The number of nitrogens with one attached hydrogen (secondary N) is 2. The molecule has 0 unspecified atom stereocenters. The van der Waals surface area contributed by atoms with Crippen LogP contribution in [0.5, 0.6) is 5.75 Å². The number of ether oxygens (including phenoxy) is 1. The van der Waals surface area contributed by atoms with E-state index < -0.39 is 0 Å². The second kappa shape index (κ2) is 6.91. The predicted molar refractivity (Wildman–Crippen MR) is 67.7 cm³/mol. The number of benzene rings is 1. The standard InChI is InChI=1S/C13H20N2O2/c1-10(2)17-12-7-4-11(5-8-12)6-9-13(16)15-14-3/h4-5,7-8,10,14H,6,9H2,1-3H3,(H,15,16). The van der Waals surface area contributed by atoms with Crippen molar-refractivity contribution in [3.8, 4) is 5.75 Å². The van der Waals surface area contributed by atoms with E-state index in [0.717, 1.165) is 17.7 Å². The molecule has 1 aromatic rings. The Hall–Kier alpha value is -1.55. The molecule has 0 aliphatic carbocycles. The smallest absolute Gasteiger partial charge is 0.234 e. The molecule has 17 heavy (non-hydrogen) atoms. The molecule has 0 saturated carbocycles. The van der Waals surface area contributed by atoms with Crippen LogP contribution in [0.25, 0.3) is 0 Å². The first-order valence-corrected chi connectivity index (χ1v) is 5.83. The Bertz CT molecular complexity index is 347. The molecule has 0 aliphatic heterocycles. The average molecular weight is 236 g/mol. The van der Waals surface area contributed by atoms with Gasteiger partial charge in [0.25, 0.3) is 0 Å². The van der Waals surface area contributed by atoms with Crippen LogP contribution < -0.4 is 15.6 Å². The number of hydrogen-bond donors (Lipinski definition) is 2. The van der Waals surface area contributed by atoms with Gasteiger partial charge in [0, 0.05) is 13.5 Å². The molecule has 0 spiro atoms. The van der Waals surface area contributed by atoms with Gasteiger partial charge in [0.15, 0.2) is 0 Å². The zero-order chi connectivity index (χ0) is 12.7. The predicted octanol–water partition coefficient (Wildman–Crippen LogP) is 1.66. The van der Waals surface area contributed by atoms with Crippen molar-refractivity contribution in [2.24, 2.45) is 0 Å². The summed E-state index contributed by atoms with van der Waals surface area (Å²) in [4.78, 5) is 11.2. The van der Waals surface area contributed by atoms with Gasteiger partial charge >= 0.3 is 0 Å². The zero-order valence-corrected chi connectivity index (χ0v) is 10.6. The number of hydrazine groups is 1. The Morgan fingerprint density at radius 3 is 2.47 bits per heavy atom. The highest BCUT2D eigenvalue weighted by atomic mass is 16.5. The van der Waals surface area contributed by atoms with Crippen LogP contribution in [0.1, 0.15) is 25.8 Å². The van der Waals surface area contributed by atoms with Crippen LogP contribution in [0.4, 0.5) is 0 Å². The van der Waals surface area contributed by atoms with Crippen LogP contribution in [-0.2, 0) is 11.2 Å². The quantitative estimate of drug-likeness (QED) is 0.738. The van der Waals surface area contributed by atoms with E-state index >= 15 is 0 Å². The number of rotatable bonds is 6. The lowest BCUT2D eigenvalue weighted by Crippen LogP contribution is -2.34. The van der Waals surface area contributed by atoms with Crippen LogP contribution in [0.3, 0.4) is 0 Å². The summed E-state index contributed by atoms with van der Waals surface area (Å²) in [5, 5.41) is 0. The van der Waals surface area contributed by atoms with Gasteiger partial charge in [-0.3, -0.25) is 10.2 Å². The molecule has 2 N–H and O–H groups in total. The number of amides is 1. The van der Waals surface area contributed by atoms with Crippen LogP contribution in [0, 0.1) is 0 Å². The molecule has 0 aliphatic rings. The molecule has 0 radical (unpaired) electrons. The molecule has 0 aromatic heterocycles. The maximum absolute atomic E-state index is 11.2. The monoisotopic (exact) mass is 236 g/mol. The summed E-state index contributed by atoms with van der Waals surface area (Å²) in [5.74, 6) is 0.860. The van der Waals surface area contributed by atoms with Gasteiger partial charge in [0.05, 0.1) is 6.10 Å². The van der Waals surface area contributed by atoms with Crippen molar-refractivity contribution in [1.82, 2.24) is 10.9 Å². The topological polar surface area (TPSA) is 50.4 Å². The van der Waals surface area contributed by atoms with E-state index in [1.165, 1.54) is 0 Å². The third kappa shape index (κ3) is 5.36. The van der Waals surface area contributed by atoms with E-state index in [9.17, 15) is 4.79 Å². The van der Waals surface area contributed by atoms with Gasteiger partial charge in [-0.15, -0.1) is 0 Å². The Morgan fingerprint density at radius 2 is 1.94 bits per heavy atom. The fourth-order valence-electron chi connectivity index (χ4n) is 1.47. The van der Waals surface area contributed by atoms with Crippen LogP contribution in [-0.4, -0.2) is 19.1 Å². The molecule has 4 heteroatoms. The Kier molecular flexibility index (Phi) is 5.49. The fourth-order valence-corrected chi connectivity index (χ4v) is 1.47. The zero-order valence-electron chi connectivity index (χ0n) is 10.6. The SMILES string of the molecule is CNNC(=O)CCc1ccc(OC(C)C)cc1. The molecular formula is C13H20N2O2. The third-order valence-electron chi connectivity index (χ3n) is 2.20. The van der Waals surface area contributed by atoms with E-state index in [1.54, 1.807) is 7.05 Å². The molecule has 4 nitrogen and oxygen atoms in total. The normalized spacial score (nSPS) is 10.4.